The highest BCUT2D eigenvalue weighted by Crippen LogP contribution is 3.01. The standard InChI is InChI=1S/F5N2O2S.H3N/c1-10(2,3,4,5)6-7(8)9;/h;1H3/q-1;/p+1. The van der Waals surface area contributed by atoms with E-state index in [0.717, 1.165) is 0 Å². The van der Waals surface area contributed by atoms with Crippen molar-refractivity contribution in [3.05, 3.63) is 14.9 Å². The smallest absolute Gasteiger partial charge is 0.291 e. The molecule has 0 rings (SSSR count). The van der Waals surface area contributed by atoms with Crippen molar-refractivity contribution in [2.45, 2.75) is 0 Å². The van der Waals surface area contributed by atoms with Crippen molar-refractivity contribution >= 4 is 10.4 Å². The molecule has 0 fully saturated rings. The lowest BCUT2D eigenvalue weighted by atomic mass is 12.7. The maximum absolute atomic E-state index is 10.9. The van der Waals surface area contributed by atoms with Crippen LogP contribution in [0.4, 0.5) is 19.4 Å². The van der Waals surface area contributed by atoms with Crippen LogP contribution in [0.3, 0.4) is 0 Å². The Morgan fingerprint density at radius 2 is 1.45 bits per heavy atom. The summed E-state index contributed by atoms with van der Waals surface area (Å²) in [5, 5.41) is 6.42. The summed E-state index contributed by atoms with van der Waals surface area (Å²) < 4.78 is 54.3. The molecule has 0 amide bonds. The molecule has 0 aromatic carbocycles. The highest BCUT2D eigenvalue weighted by molar-refractivity contribution is 8.47. The molecule has 0 spiro atoms. The normalized spacial score (nSPS) is 17.2. The molecule has 0 aliphatic heterocycles. The Kier molecular flexibility index (Phi) is 2.15. The first kappa shape index (κ1) is 12.8. The van der Waals surface area contributed by atoms with Gasteiger partial charge in [-0.1, -0.05) is 0 Å². The van der Waals surface area contributed by atoms with Gasteiger partial charge >= 0.3 is 0 Å². The third-order valence-electron chi connectivity index (χ3n) is 0.221. The second-order valence-corrected chi connectivity index (χ2v) is 3.27. The largest absolute Gasteiger partial charge is 0.369 e. The Bertz CT molecular complexity index is 167. The van der Waals surface area contributed by atoms with Gasteiger partial charge in [-0.3, -0.25) is 10.1 Å². The number of rotatable bonds is 2. The quantitative estimate of drug-likeness (QED) is 0.425. The summed E-state index contributed by atoms with van der Waals surface area (Å²) >= 11 is 0. The van der Waals surface area contributed by atoms with Crippen molar-refractivity contribution in [2.75, 3.05) is 0 Å². The summed E-state index contributed by atoms with van der Waals surface area (Å²) in [7, 11) is -10.2. The number of nitrogens with zero attached hydrogens (tertiary/aromatic N) is 2. The molecule has 72 valence electrons. The average molecular weight is 205 g/mol. The van der Waals surface area contributed by atoms with Crippen LogP contribution in [0.25, 0.3) is 4.83 Å². The Labute approximate surface area is 57.1 Å². The van der Waals surface area contributed by atoms with Gasteiger partial charge in [0.15, 0.2) is 0 Å². The fraction of sp³-hybridized carbons (Fsp3) is 0. The summed E-state index contributed by atoms with van der Waals surface area (Å²) in [6, 6.07) is 0. The second-order valence-electron chi connectivity index (χ2n) is 1.25. The van der Waals surface area contributed by atoms with E-state index >= 15 is 0 Å². The van der Waals surface area contributed by atoms with E-state index in [-0.39, 0.29) is 11.0 Å². The molecule has 0 aromatic heterocycles. The minimum atomic E-state index is -10.2. The molecule has 0 atom stereocenters. The zero-order valence-electron chi connectivity index (χ0n) is 5.01. The van der Waals surface area contributed by atoms with Crippen LogP contribution in [-0.4, -0.2) is 5.03 Å². The second kappa shape index (κ2) is 1.85. The molecule has 11 heavy (non-hydrogen) atoms. The van der Waals surface area contributed by atoms with Gasteiger partial charge in [0.25, 0.3) is 10.4 Å². The number of hydrogen-bond donors (Lipinski definition) is 1. The highest BCUT2D eigenvalue weighted by Gasteiger charge is 2.59. The summed E-state index contributed by atoms with van der Waals surface area (Å²) in [5.74, 6) is 0. The topological polar surface area (TPSA) is 93.7 Å². The molecule has 0 aromatic rings. The van der Waals surface area contributed by atoms with Gasteiger partial charge in [0.1, 0.15) is 0 Å². The van der Waals surface area contributed by atoms with Crippen molar-refractivity contribution < 1.29 is 24.5 Å². The van der Waals surface area contributed by atoms with E-state index in [1.807, 2.05) is 0 Å². The summed E-state index contributed by atoms with van der Waals surface area (Å²) in [6.45, 7) is 0. The number of quaternary nitrogens is 1. The van der Waals surface area contributed by atoms with Gasteiger partial charge in [-0.25, -0.2) is 4.83 Å². The third kappa shape index (κ3) is 12.4. The van der Waals surface area contributed by atoms with Gasteiger partial charge in [0.2, 0.25) is 0 Å². The van der Waals surface area contributed by atoms with E-state index in [2.05, 4.69) is 0 Å². The summed E-state index contributed by atoms with van der Waals surface area (Å²) in [4.78, 5) is 9.07. The van der Waals surface area contributed by atoms with Gasteiger partial charge in [-0.2, -0.15) is 0 Å². The maximum Gasteiger partial charge on any atom is 0.291 e. The molecule has 0 saturated heterocycles. The van der Waals surface area contributed by atoms with Crippen LogP contribution >= 0.6 is 10.4 Å². The van der Waals surface area contributed by atoms with Crippen molar-refractivity contribution in [1.29, 1.82) is 0 Å². The first-order valence-corrected chi connectivity index (χ1v) is 3.43. The van der Waals surface area contributed by atoms with Gasteiger partial charge in [0, 0.05) is 5.03 Å². The molecule has 4 N–H and O–H groups in total. The first-order valence-electron chi connectivity index (χ1n) is 1.52. The zero-order chi connectivity index (χ0) is 8.69. The van der Waals surface area contributed by atoms with E-state index in [0.29, 0.717) is 0 Å². The Balaban J connectivity index is 0. The molecule has 0 unspecified atom stereocenters. The monoisotopic (exact) mass is 205 g/mol. The lowest BCUT2D eigenvalue weighted by Gasteiger charge is -2.45. The van der Waals surface area contributed by atoms with Crippen LogP contribution in [0.5, 0.6) is 0 Å². The van der Waals surface area contributed by atoms with Crippen LogP contribution in [-0.2, 0) is 0 Å². The Morgan fingerprint density at radius 1 is 1.18 bits per heavy atom. The summed E-state index contributed by atoms with van der Waals surface area (Å²) in [6.07, 6.45) is 0. The first-order chi connectivity index (χ1) is 3.89. The van der Waals surface area contributed by atoms with Crippen molar-refractivity contribution in [1.82, 2.24) is 6.15 Å². The molecule has 0 heterocycles. The molecule has 11 heteroatoms. The summed E-state index contributed by atoms with van der Waals surface area (Å²) in [5.41, 5.74) is 0. The minimum Gasteiger partial charge on any atom is -0.369 e. The van der Waals surface area contributed by atoms with Crippen molar-refractivity contribution in [3.63, 3.8) is 0 Å². The lowest BCUT2D eigenvalue weighted by Crippen LogP contribution is -2.07. The molecular weight excluding hydrogens is 201 g/mol. The number of nitro groups is 1. The van der Waals surface area contributed by atoms with E-state index in [1.165, 1.54) is 0 Å². The van der Waals surface area contributed by atoms with Crippen LogP contribution < -0.4 is 6.15 Å². The Hall–Kier alpha value is -0.840. The predicted molar refractivity (Wildman–Crippen MR) is 29.5 cm³/mol. The highest BCUT2D eigenvalue weighted by atomic mass is 32.5. The molecule has 0 saturated carbocycles. The number of halogens is 5. The molecule has 0 radical (unpaired) electrons. The fourth-order valence-corrected chi connectivity index (χ4v) is 0.378. The van der Waals surface area contributed by atoms with E-state index in [1.54, 1.807) is 0 Å². The van der Waals surface area contributed by atoms with E-state index in [4.69, 9.17) is 10.1 Å². The van der Waals surface area contributed by atoms with E-state index in [9.17, 15) is 19.4 Å². The maximum atomic E-state index is 10.9. The van der Waals surface area contributed by atoms with E-state index < -0.39 is 15.4 Å². The number of hydrogen-bond acceptors (Lipinski definition) is 2. The van der Waals surface area contributed by atoms with Gasteiger partial charge < -0.3 is 6.15 Å². The van der Waals surface area contributed by atoms with Gasteiger partial charge in [-0.15, -0.1) is 19.4 Å². The predicted octanol–water partition coefficient (Wildman–Crippen LogP) is 3.14. The lowest BCUT2D eigenvalue weighted by molar-refractivity contribution is -0.416. The molecular formula is H4F5N3O2S. The van der Waals surface area contributed by atoms with Crippen LogP contribution in [0.1, 0.15) is 0 Å². The molecule has 0 bridgehead atoms. The van der Waals surface area contributed by atoms with Crippen molar-refractivity contribution in [3.8, 4) is 0 Å². The molecule has 0 aliphatic carbocycles. The Morgan fingerprint density at radius 3 is 1.45 bits per heavy atom. The van der Waals surface area contributed by atoms with Crippen LogP contribution in [0.15, 0.2) is 0 Å². The fourth-order valence-electron chi connectivity index (χ4n) is 0.126. The zero-order valence-corrected chi connectivity index (χ0v) is 5.83. The minimum absolute atomic E-state index is 0. The van der Waals surface area contributed by atoms with Crippen LogP contribution in [0.2, 0.25) is 0 Å². The molecule has 0 aliphatic rings. The third-order valence-corrected chi connectivity index (χ3v) is 0.663. The van der Waals surface area contributed by atoms with Gasteiger partial charge in [-0.05, 0) is 0 Å². The molecule has 5 nitrogen and oxygen atoms in total. The SMILES string of the molecule is O=[N+]([O-])[N-]S(F)(F)(F)(F)F.[NH4+]. The van der Waals surface area contributed by atoms with Crippen molar-refractivity contribution in [2.24, 2.45) is 0 Å². The average Bonchev–Trinajstić information content (AvgIpc) is 1.12. The van der Waals surface area contributed by atoms with Crippen LogP contribution in [0, 0.1) is 10.1 Å². The van der Waals surface area contributed by atoms with Gasteiger partial charge in [0.05, 0.1) is 0 Å².